The van der Waals surface area contributed by atoms with Crippen molar-refractivity contribution < 1.29 is 8.95 Å². The molecule has 5 heteroatoms. The van der Waals surface area contributed by atoms with Gasteiger partial charge in [-0.2, -0.15) is 4.36 Å². The van der Waals surface area contributed by atoms with Crippen molar-refractivity contribution in [2.24, 2.45) is 9.36 Å². The summed E-state index contributed by atoms with van der Waals surface area (Å²) in [5.74, 6) is 0.545. The fraction of sp³-hybridized carbons (Fsp3) is 0.174. The highest BCUT2D eigenvalue weighted by Gasteiger charge is 2.30. The number of hydrogen-bond donors (Lipinski definition) is 0. The zero-order chi connectivity index (χ0) is 19.6. The van der Waals surface area contributed by atoms with E-state index >= 15 is 0 Å². The van der Waals surface area contributed by atoms with E-state index in [0.717, 1.165) is 11.1 Å². The van der Waals surface area contributed by atoms with E-state index in [1.807, 2.05) is 91.9 Å². The van der Waals surface area contributed by atoms with Crippen molar-refractivity contribution in [2.45, 2.75) is 24.0 Å². The Balaban J connectivity index is 1.71. The fourth-order valence-corrected chi connectivity index (χ4v) is 4.57. The van der Waals surface area contributed by atoms with Gasteiger partial charge in [-0.3, -0.25) is 0 Å². The molecule has 0 fully saturated rings. The van der Waals surface area contributed by atoms with Crippen molar-refractivity contribution in [3.63, 3.8) is 0 Å². The quantitative estimate of drug-likeness (QED) is 0.600. The highest BCUT2D eigenvalue weighted by Crippen LogP contribution is 2.33. The van der Waals surface area contributed by atoms with Gasteiger partial charge in [0.15, 0.2) is 0 Å². The lowest BCUT2D eigenvalue weighted by molar-refractivity contribution is 0.202. The maximum absolute atomic E-state index is 13.2. The topological polar surface area (TPSA) is 51.0 Å². The van der Waals surface area contributed by atoms with Gasteiger partial charge in [0.1, 0.15) is 6.10 Å². The third kappa shape index (κ3) is 3.71. The molecule has 0 aromatic heterocycles. The van der Waals surface area contributed by atoms with Crippen LogP contribution in [0.4, 0.5) is 5.69 Å². The molecule has 3 aromatic carbocycles. The third-order valence-corrected chi connectivity index (χ3v) is 6.41. The highest BCUT2D eigenvalue weighted by atomic mass is 32.2. The summed E-state index contributed by atoms with van der Waals surface area (Å²) < 4.78 is 24.0. The van der Waals surface area contributed by atoms with E-state index in [1.165, 1.54) is 0 Å². The molecular formula is C23H22N2O2S. The average molecular weight is 391 g/mol. The van der Waals surface area contributed by atoms with Gasteiger partial charge in [0.05, 0.1) is 27.0 Å². The SMILES string of the molecule is C[C@@H]1N=C(c2ccccc2N=S(C)(=O)c2ccccc2)O[C@@H]1c1ccccc1. The molecule has 0 radical (unpaired) electrons. The largest absolute Gasteiger partial charge is 0.467 e. The summed E-state index contributed by atoms with van der Waals surface area (Å²) in [6.07, 6.45) is 1.52. The Hall–Kier alpha value is -2.92. The molecule has 28 heavy (non-hydrogen) atoms. The lowest BCUT2D eigenvalue weighted by Gasteiger charge is -2.15. The summed E-state index contributed by atoms with van der Waals surface area (Å²) in [6, 6.07) is 27.0. The lowest BCUT2D eigenvalue weighted by atomic mass is 10.0. The Labute approximate surface area is 166 Å². The first kappa shape index (κ1) is 18.4. The van der Waals surface area contributed by atoms with Crippen molar-refractivity contribution in [2.75, 3.05) is 6.26 Å². The molecule has 1 heterocycles. The van der Waals surface area contributed by atoms with E-state index in [0.29, 0.717) is 16.5 Å². The van der Waals surface area contributed by atoms with Crippen LogP contribution in [0.1, 0.15) is 24.2 Å². The molecule has 0 saturated carbocycles. The van der Waals surface area contributed by atoms with Gasteiger partial charge < -0.3 is 4.74 Å². The van der Waals surface area contributed by atoms with Crippen LogP contribution in [0.15, 0.2) is 99.2 Å². The van der Waals surface area contributed by atoms with Crippen LogP contribution in [0.2, 0.25) is 0 Å². The molecule has 0 aliphatic carbocycles. The molecule has 1 aliphatic rings. The molecule has 0 spiro atoms. The predicted molar refractivity (Wildman–Crippen MR) is 114 cm³/mol. The predicted octanol–water partition coefficient (Wildman–Crippen LogP) is 5.38. The van der Waals surface area contributed by atoms with Gasteiger partial charge >= 0.3 is 0 Å². The van der Waals surface area contributed by atoms with Crippen LogP contribution in [0.3, 0.4) is 0 Å². The van der Waals surface area contributed by atoms with E-state index in [1.54, 1.807) is 6.26 Å². The van der Waals surface area contributed by atoms with Crippen molar-refractivity contribution in [1.82, 2.24) is 0 Å². The first-order valence-corrected chi connectivity index (χ1v) is 11.1. The van der Waals surface area contributed by atoms with Gasteiger partial charge in [0.2, 0.25) is 5.90 Å². The van der Waals surface area contributed by atoms with Crippen molar-refractivity contribution in [3.8, 4) is 0 Å². The molecular weight excluding hydrogens is 368 g/mol. The van der Waals surface area contributed by atoms with Crippen LogP contribution in [0, 0.1) is 0 Å². The van der Waals surface area contributed by atoms with Gasteiger partial charge in [-0.05, 0) is 36.8 Å². The fourth-order valence-electron chi connectivity index (χ4n) is 3.27. The number of rotatable bonds is 4. The van der Waals surface area contributed by atoms with E-state index in [-0.39, 0.29) is 12.1 Å². The second-order valence-corrected chi connectivity index (χ2v) is 9.11. The third-order valence-electron chi connectivity index (χ3n) is 4.71. The van der Waals surface area contributed by atoms with E-state index in [9.17, 15) is 4.21 Å². The number of benzene rings is 3. The molecule has 0 N–H and O–H groups in total. The number of aliphatic imine (C=N–C) groups is 1. The monoisotopic (exact) mass is 390 g/mol. The van der Waals surface area contributed by atoms with Gasteiger partial charge in [-0.1, -0.05) is 60.7 Å². The maximum Gasteiger partial charge on any atom is 0.219 e. The summed E-state index contributed by atoms with van der Waals surface area (Å²) in [6.45, 7) is 2.04. The van der Waals surface area contributed by atoms with Crippen molar-refractivity contribution in [3.05, 3.63) is 96.1 Å². The van der Waals surface area contributed by atoms with Gasteiger partial charge in [-0.25, -0.2) is 9.20 Å². The number of hydrogen-bond acceptors (Lipinski definition) is 4. The Morgan fingerprint density at radius 2 is 1.50 bits per heavy atom. The Kier molecular flexibility index (Phi) is 5.01. The zero-order valence-electron chi connectivity index (χ0n) is 15.9. The van der Waals surface area contributed by atoms with Gasteiger partial charge in [0.25, 0.3) is 0 Å². The maximum atomic E-state index is 13.2. The molecule has 0 bridgehead atoms. The first-order valence-electron chi connectivity index (χ1n) is 9.20. The summed E-state index contributed by atoms with van der Waals surface area (Å²) in [7, 11) is -2.58. The molecule has 3 atom stereocenters. The van der Waals surface area contributed by atoms with Crippen LogP contribution in [-0.4, -0.2) is 22.4 Å². The van der Waals surface area contributed by atoms with Crippen LogP contribution in [-0.2, 0) is 14.5 Å². The second kappa shape index (κ2) is 7.60. The first-order chi connectivity index (χ1) is 13.5. The van der Waals surface area contributed by atoms with Crippen molar-refractivity contribution >= 4 is 21.3 Å². The Morgan fingerprint density at radius 1 is 0.893 bits per heavy atom. The standard InChI is InChI=1S/C23H22N2O2S/c1-17-22(18-11-5-3-6-12-18)27-23(24-17)20-15-9-10-16-21(20)25-28(2,26)19-13-7-4-8-14-19/h3-17,22H,1-2H3/t17-,22-,28?/m0/s1. The van der Waals surface area contributed by atoms with Gasteiger partial charge in [0, 0.05) is 11.2 Å². The Morgan fingerprint density at radius 3 is 2.21 bits per heavy atom. The van der Waals surface area contributed by atoms with E-state index in [4.69, 9.17) is 9.73 Å². The van der Waals surface area contributed by atoms with E-state index < -0.39 is 9.73 Å². The molecule has 1 aliphatic heterocycles. The van der Waals surface area contributed by atoms with E-state index in [2.05, 4.69) is 4.36 Å². The highest BCUT2D eigenvalue weighted by molar-refractivity contribution is 7.93. The normalized spacial score (nSPS) is 20.7. The lowest BCUT2D eigenvalue weighted by Crippen LogP contribution is -2.11. The van der Waals surface area contributed by atoms with Crippen molar-refractivity contribution in [1.29, 1.82) is 0 Å². The smallest absolute Gasteiger partial charge is 0.219 e. The van der Waals surface area contributed by atoms with Gasteiger partial charge in [-0.15, -0.1) is 0 Å². The minimum atomic E-state index is -2.58. The summed E-state index contributed by atoms with van der Waals surface area (Å²) >= 11 is 0. The molecule has 4 rings (SSSR count). The molecule has 3 aromatic rings. The summed E-state index contributed by atoms with van der Waals surface area (Å²) in [5, 5.41) is 0. The van der Waals surface area contributed by atoms with Crippen LogP contribution in [0.5, 0.6) is 0 Å². The molecule has 0 amide bonds. The molecule has 142 valence electrons. The number of nitrogens with zero attached hydrogens (tertiary/aromatic N) is 2. The van der Waals surface area contributed by atoms with Crippen LogP contribution < -0.4 is 0 Å². The molecule has 1 unspecified atom stereocenters. The zero-order valence-corrected chi connectivity index (χ0v) is 16.7. The molecule has 0 saturated heterocycles. The minimum absolute atomic E-state index is 0.00874. The summed E-state index contributed by atoms with van der Waals surface area (Å²) in [5.41, 5.74) is 2.48. The van der Waals surface area contributed by atoms with Crippen LogP contribution >= 0.6 is 0 Å². The minimum Gasteiger partial charge on any atom is -0.467 e. The molecule has 4 nitrogen and oxygen atoms in total. The number of ether oxygens (including phenoxy) is 1. The Bertz CT molecular complexity index is 1120. The average Bonchev–Trinajstić information content (AvgIpc) is 3.11. The summed E-state index contributed by atoms with van der Waals surface area (Å²) in [4.78, 5) is 5.42. The van der Waals surface area contributed by atoms with Crippen LogP contribution in [0.25, 0.3) is 0 Å². The second-order valence-electron chi connectivity index (χ2n) is 6.85.